The van der Waals surface area contributed by atoms with Gasteiger partial charge in [0, 0.05) is 49.5 Å². The van der Waals surface area contributed by atoms with Crippen LogP contribution in [-0.4, -0.2) is 71.3 Å². The van der Waals surface area contributed by atoms with Gasteiger partial charge in [-0.3, -0.25) is 0 Å². The molecular formula is C28H36Cl2N4OS. The van der Waals surface area contributed by atoms with Gasteiger partial charge in [-0.15, -0.1) is 0 Å². The number of H-pyrrole nitrogens is 1. The molecule has 0 amide bonds. The number of halogens is 2. The maximum absolute atomic E-state index is 10.7. The van der Waals surface area contributed by atoms with Crippen molar-refractivity contribution in [2.75, 3.05) is 45.1 Å². The van der Waals surface area contributed by atoms with E-state index in [0.29, 0.717) is 21.9 Å². The Labute approximate surface area is 229 Å². The first-order valence-corrected chi connectivity index (χ1v) is 14.0. The van der Waals surface area contributed by atoms with Crippen LogP contribution in [-0.2, 0) is 0 Å². The summed E-state index contributed by atoms with van der Waals surface area (Å²) < 4.78 is 0. The van der Waals surface area contributed by atoms with Gasteiger partial charge in [-0.1, -0.05) is 53.6 Å². The third kappa shape index (κ3) is 6.93. The standard InChI is InChI=1S/C21H29N3OS.C7H7Cl2N/c25-21(17-7-11-24(15-26)12-8-17)14-23-9-5-16(6-10-23)19-13-22-20-4-2-1-3-18(19)20;1-10-5-2-3-6(8)7(9)4-5/h1-4,13,15-17,21-22,25H,5-12,14H2;2-4,10H,1H3. The highest BCUT2D eigenvalue weighted by atomic mass is 35.5. The molecule has 3 N–H and O–H groups in total. The Morgan fingerprint density at radius 2 is 1.78 bits per heavy atom. The van der Waals surface area contributed by atoms with Gasteiger partial charge in [0.05, 0.1) is 21.6 Å². The van der Waals surface area contributed by atoms with Crippen molar-refractivity contribution in [2.24, 2.45) is 5.92 Å². The molecule has 2 fully saturated rings. The summed E-state index contributed by atoms with van der Waals surface area (Å²) in [7, 11) is 1.83. The average molecular weight is 548 g/mol. The number of benzene rings is 2. The lowest BCUT2D eigenvalue weighted by Crippen LogP contribution is -2.44. The zero-order valence-corrected chi connectivity index (χ0v) is 23.1. The lowest BCUT2D eigenvalue weighted by atomic mass is 9.87. The third-order valence-corrected chi connectivity index (χ3v) is 8.61. The van der Waals surface area contributed by atoms with Gasteiger partial charge in [-0.25, -0.2) is 0 Å². The number of rotatable bonds is 6. The van der Waals surface area contributed by atoms with Gasteiger partial charge in [0.1, 0.15) is 0 Å². The zero-order chi connectivity index (χ0) is 25.5. The first-order chi connectivity index (χ1) is 17.5. The Kier molecular flexibility index (Phi) is 9.91. The summed E-state index contributed by atoms with van der Waals surface area (Å²) in [4.78, 5) is 8.06. The van der Waals surface area contributed by atoms with Crippen molar-refractivity contribution in [3.8, 4) is 0 Å². The van der Waals surface area contributed by atoms with E-state index < -0.39 is 0 Å². The van der Waals surface area contributed by atoms with Gasteiger partial charge in [-0.2, -0.15) is 0 Å². The van der Waals surface area contributed by atoms with Gasteiger partial charge in [-0.05, 0) is 80.4 Å². The molecule has 8 heteroatoms. The highest BCUT2D eigenvalue weighted by Gasteiger charge is 2.28. The normalized spacial score (nSPS) is 18.5. The summed E-state index contributed by atoms with van der Waals surface area (Å²) >= 11 is 16.4. The fraction of sp³-hybridized carbons (Fsp3) is 0.464. The van der Waals surface area contributed by atoms with E-state index in [2.05, 4.69) is 50.6 Å². The number of aromatic nitrogens is 1. The number of β-amino-alcohol motifs (C(OH)–C–C–N with tert-alkyl or cyclic N) is 1. The highest BCUT2D eigenvalue weighted by Crippen LogP contribution is 2.33. The first-order valence-electron chi connectivity index (χ1n) is 12.8. The SMILES string of the molecule is CNc1ccc(Cl)c(Cl)c1.OC(CN1CCC(c2c[nH]c3ccccc23)CC1)C1CCN(C=S)CC1. The van der Waals surface area contributed by atoms with Gasteiger partial charge in [0.15, 0.2) is 0 Å². The van der Waals surface area contributed by atoms with Crippen molar-refractivity contribution in [1.82, 2.24) is 14.8 Å². The number of aromatic amines is 1. The summed E-state index contributed by atoms with van der Waals surface area (Å²) in [6.07, 6.45) is 6.46. The number of nitrogens with one attached hydrogen (secondary N) is 2. The van der Waals surface area contributed by atoms with Gasteiger partial charge < -0.3 is 25.2 Å². The summed E-state index contributed by atoms with van der Waals surface area (Å²) in [5, 5.41) is 16.2. The minimum Gasteiger partial charge on any atom is -0.392 e. The van der Waals surface area contributed by atoms with Crippen molar-refractivity contribution >= 4 is 57.5 Å². The van der Waals surface area contributed by atoms with Crippen molar-refractivity contribution in [3.63, 3.8) is 0 Å². The molecule has 2 aliphatic rings. The number of fused-ring (bicyclic) bond motifs is 1. The van der Waals surface area contributed by atoms with E-state index in [0.717, 1.165) is 51.3 Å². The summed E-state index contributed by atoms with van der Waals surface area (Å²) in [6, 6.07) is 14.0. The second-order valence-corrected chi connectivity index (χ2v) is 10.8. The smallest absolute Gasteiger partial charge is 0.0696 e. The molecule has 0 saturated carbocycles. The number of piperidine rings is 2. The predicted octanol–water partition coefficient (Wildman–Crippen LogP) is 6.41. The van der Waals surface area contributed by atoms with Gasteiger partial charge >= 0.3 is 0 Å². The van der Waals surface area contributed by atoms with E-state index >= 15 is 0 Å². The fourth-order valence-electron chi connectivity index (χ4n) is 5.33. The number of likely N-dealkylation sites (tertiary alicyclic amines) is 2. The van der Waals surface area contributed by atoms with Crippen molar-refractivity contribution in [2.45, 2.75) is 37.7 Å². The topological polar surface area (TPSA) is 54.5 Å². The Morgan fingerprint density at radius 3 is 2.44 bits per heavy atom. The molecule has 2 saturated heterocycles. The monoisotopic (exact) mass is 546 g/mol. The predicted molar refractivity (Wildman–Crippen MR) is 157 cm³/mol. The molecule has 0 aliphatic carbocycles. The quantitative estimate of drug-likeness (QED) is 0.312. The molecule has 1 atom stereocenters. The van der Waals surface area contributed by atoms with Crippen LogP contribution >= 0.6 is 35.4 Å². The number of para-hydroxylation sites is 1. The minimum absolute atomic E-state index is 0.202. The number of hydrogen-bond acceptors (Lipinski definition) is 4. The molecule has 2 aromatic carbocycles. The Morgan fingerprint density at radius 1 is 1.06 bits per heavy atom. The second-order valence-electron chi connectivity index (χ2n) is 9.79. The number of hydrogen-bond donors (Lipinski definition) is 3. The van der Waals surface area contributed by atoms with Crippen LogP contribution < -0.4 is 5.32 Å². The van der Waals surface area contributed by atoms with E-state index in [4.69, 9.17) is 35.4 Å². The van der Waals surface area contributed by atoms with Crippen molar-refractivity contribution in [1.29, 1.82) is 0 Å². The molecule has 194 valence electrons. The number of aliphatic hydroxyl groups excluding tert-OH is 1. The molecule has 0 bridgehead atoms. The Balaban J connectivity index is 0.000000256. The highest BCUT2D eigenvalue weighted by molar-refractivity contribution is 7.78. The van der Waals surface area contributed by atoms with Crippen LogP contribution in [0.3, 0.4) is 0 Å². The van der Waals surface area contributed by atoms with Crippen LogP contribution in [0.4, 0.5) is 5.69 Å². The number of nitrogens with zero attached hydrogens (tertiary/aromatic N) is 2. The lowest BCUT2D eigenvalue weighted by Gasteiger charge is -2.37. The van der Waals surface area contributed by atoms with E-state index in [1.54, 1.807) is 17.6 Å². The van der Waals surface area contributed by atoms with Crippen molar-refractivity contribution in [3.05, 3.63) is 64.3 Å². The first kappa shape index (κ1) is 27.2. The van der Waals surface area contributed by atoms with Crippen LogP contribution in [0.1, 0.15) is 37.2 Å². The lowest BCUT2D eigenvalue weighted by molar-refractivity contribution is 0.0348. The summed E-state index contributed by atoms with van der Waals surface area (Å²) in [5.41, 5.74) is 5.43. The number of thiocarbonyl (C=S) groups is 1. The van der Waals surface area contributed by atoms with Crippen LogP contribution in [0.25, 0.3) is 10.9 Å². The van der Waals surface area contributed by atoms with Crippen molar-refractivity contribution < 1.29 is 5.11 Å². The molecule has 1 aromatic heterocycles. The second kappa shape index (κ2) is 13.1. The largest absolute Gasteiger partial charge is 0.392 e. The molecule has 36 heavy (non-hydrogen) atoms. The maximum atomic E-state index is 10.7. The number of anilines is 1. The number of aliphatic hydroxyl groups is 1. The minimum atomic E-state index is -0.202. The van der Waals surface area contributed by atoms with Gasteiger partial charge in [0.25, 0.3) is 0 Å². The Bertz CT molecular complexity index is 1120. The molecule has 3 aromatic rings. The molecule has 2 aliphatic heterocycles. The molecule has 3 heterocycles. The summed E-state index contributed by atoms with van der Waals surface area (Å²) in [5.74, 6) is 1.05. The van der Waals surface area contributed by atoms with Crippen LogP contribution in [0.2, 0.25) is 10.0 Å². The third-order valence-electron chi connectivity index (χ3n) is 7.57. The van der Waals surface area contributed by atoms with Crippen LogP contribution in [0, 0.1) is 5.92 Å². The zero-order valence-electron chi connectivity index (χ0n) is 20.8. The molecule has 5 rings (SSSR count). The van der Waals surface area contributed by atoms with Crippen LogP contribution in [0.5, 0.6) is 0 Å². The average Bonchev–Trinajstić information content (AvgIpc) is 3.35. The van der Waals surface area contributed by atoms with E-state index in [1.807, 2.05) is 13.1 Å². The van der Waals surface area contributed by atoms with E-state index in [-0.39, 0.29) is 6.10 Å². The Hall–Kier alpha value is -1.83. The van der Waals surface area contributed by atoms with Gasteiger partial charge in [0.2, 0.25) is 0 Å². The molecule has 0 radical (unpaired) electrons. The van der Waals surface area contributed by atoms with Crippen LogP contribution in [0.15, 0.2) is 48.7 Å². The molecule has 1 unspecified atom stereocenters. The van der Waals surface area contributed by atoms with E-state index in [9.17, 15) is 5.11 Å². The molecule has 5 nitrogen and oxygen atoms in total. The summed E-state index contributed by atoms with van der Waals surface area (Å²) in [6.45, 7) is 4.98. The fourth-order valence-corrected chi connectivity index (χ4v) is 5.84. The molecular weight excluding hydrogens is 511 g/mol. The van der Waals surface area contributed by atoms with E-state index in [1.165, 1.54) is 29.3 Å². The maximum Gasteiger partial charge on any atom is 0.0696 e. The molecule has 0 spiro atoms.